The number of carboxylic acid groups (broad SMARTS) is 1. The molecule has 0 radical (unpaired) electrons. The van der Waals surface area contributed by atoms with Crippen LogP contribution in [0.3, 0.4) is 0 Å². The summed E-state index contributed by atoms with van der Waals surface area (Å²) in [5.74, 6) is -0.0133. The second-order valence-corrected chi connectivity index (χ2v) is 4.19. The van der Waals surface area contributed by atoms with Gasteiger partial charge in [0.05, 0.1) is 32.2 Å². The molecule has 1 aromatic rings. The van der Waals surface area contributed by atoms with Crippen LogP contribution in [0, 0.1) is 0 Å². The Hall–Kier alpha value is -1.89. The summed E-state index contributed by atoms with van der Waals surface area (Å²) in [6, 6.07) is -0.732. The van der Waals surface area contributed by atoms with E-state index in [0.717, 1.165) is 6.42 Å². The zero-order valence-corrected chi connectivity index (χ0v) is 10.8. The summed E-state index contributed by atoms with van der Waals surface area (Å²) in [6.07, 6.45) is 3.94. The number of aromatic nitrogens is 2. The van der Waals surface area contributed by atoms with Crippen LogP contribution in [0.4, 0.5) is 5.82 Å². The van der Waals surface area contributed by atoms with Gasteiger partial charge in [0.15, 0.2) is 11.9 Å². The Labute approximate surface area is 111 Å². The Kier molecular flexibility index (Phi) is 4.51. The third kappa shape index (κ3) is 3.31. The van der Waals surface area contributed by atoms with E-state index in [0.29, 0.717) is 31.5 Å². The summed E-state index contributed by atoms with van der Waals surface area (Å²) in [7, 11) is 0. The lowest BCUT2D eigenvalue weighted by Gasteiger charge is -2.33. The van der Waals surface area contributed by atoms with Crippen molar-refractivity contribution in [3.63, 3.8) is 0 Å². The van der Waals surface area contributed by atoms with E-state index in [-0.39, 0.29) is 6.61 Å². The fourth-order valence-electron chi connectivity index (χ4n) is 1.84. The highest BCUT2D eigenvalue weighted by atomic mass is 16.5. The number of hydrogen-bond donors (Lipinski definition) is 1. The van der Waals surface area contributed by atoms with Gasteiger partial charge in [0.25, 0.3) is 0 Å². The molecule has 1 aliphatic rings. The van der Waals surface area contributed by atoms with E-state index in [1.807, 2.05) is 6.92 Å². The number of morpholine rings is 1. The minimum absolute atomic E-state index is 0.150. The highest BCUT2D eigenvalue weighted by Gasteiger charge is 2.30. The van der Waals surface area contributed by atoms with Gasteiger partial charge in [0.2, 0.25) is 5.88 Å². The van der Waals surface area contributed by atoms with Crippen molar-refractivity contribution in [2.24, 2.45) is 0 Å². The summed E-state index contributed by atoms with van der Waals surface area (Å²) in [4.78, 5) is 21.2. The first-order valence-corrected chi connectivity index (χ1v) is 6.24. The molecule has 1 atom stereocenters. The molecule has 2 rings (SSSR count). The SMILES string of the molecule is CCCOc1cncc(N2CCOCC2C(=O)O)n1. The third-order valence-electron chi connectivity index (χ3n) is 2.76. The first-order chi connectivity index (χ1) is 9.22. The van der Waals surface area contributed by atoms with Gasteiger partial charge in [-0.15, -0.1) is 0 Å². The quantitative estimate of drug-likeness (QED) is 0.834. The number of aliphatic carboxylic acids is 1. The molecule has 7 heteroatoms. The second kappa shape index (κ2) is 6.33. The van der Waals surface area contributed by atoms with Crippen LogP contribution in [0.15, 0.2) is 12.4 Å². The number of carbonyl (C=O) groups is 1. The van der Waals surface area contributed by atoms with Gasteiger partial charge in [-0.25, -0.2) is 4.79 Å². The minimum atomic E-state index is -0.929. The molecule has 2 heterocycles. The molecular formula is C12H17N3O4. The van der Waals surface area contributed by atoms with Gasteiger partial charge >= 0.3 is 5.97 Å². The number of ether oxygens (including phenoxy) is 2. The van der Waals surface area contributed by atoms with E-state index in [4.69, 9.17) is 9.47 Å². The van der Waals surface area contributed by atoms with Crippen LogP contribution in [0.25, 0.3) is 0 Å². The summed E-state index contributed by atoms with van der Waals surface area (Å²) in [6.45, 7) is 3.66. The highest BCUT2D eigenvalue weighted by molar-refractivity contribution is 5.78. The molecule has 0 aliphatic carbocycles. The van der Waals surface area contributed by atoms with Crippen LogP contribution >= 0.6 is 0 Å². The predicted octanol–water partition coefficient (Wildman–Crippen LogP) is 0.555. The molecule has 1 aliphatic heterocycles. The van der Waals surface area contributed by atoms with Crippen LogP contribution in [0.1, 0.15) is 13.3 Å². The maximum Gasteiger partial charge on any atom is 0.328 e. The topological polar surface area (TPSA) is 84.8 Å². The van der Waals surface area contributed by atoms with Gasteiger partial charge in [0.1, 0.15) is 0 Å². The Morgan fingerprint density at radius 2 is 2.47 bits per heavy atom. The van der Waals surface area contributed by atoms with Crippen molar-refractivity contribution in [1.82, 2.24) is 9.97 Å². The monoisotopic (exact) mass is 267 g/mol. The van der Waals surface area contributed by atoms with Gasteiger partial charge in [-0.3, -0.25) is 4.98 Å². The van der Waals surface area contributed by atoms with Crippen LogP contribution < -0.4 is 9.64 Å². The van der Waals surface area contributed by atoms with Gasteiger partial charge in [-0.05, 0) is 6.42 Å². The van der Waals surface area contributed by atoms with Crippen molar-refractivity contribution in [3.05, 3.63) is 12.4 Å². The average Bonchev–Trinajstić information content (AvgIpc) is 2.45. The van der Waals surface area contributed by atoms with Crippen LogP contribution in [-0.4, -0.2) is 53.5 Å². The minimum Gasteiger partial charge on any atom is -0.480 e. The zero-order chi connectivity index (χ0) is 13.7. The molecule has 1 N–H and O–H groups in total. The van der Waals surface area contributed by atoms with Crippen molar-refractivity contribution in [1.29, 1.82) is 0 Å². The van der Waals surface area contributed by atoms with E-state index >= 15 is 0 Å². The summed E-state index contributed by atoms with van der Waals surface area (Å²) in [5, 5.41) is 9.18. The van der Waals surface area contributed by atoms with E-state index in [1.54, 1.807) is 11.1 Å². The van der Waals surface area contributed by atoms with Gasteiger partial charge in [-0.1, -0.05) is 6.92 Å². The molecule has 0 saturated carbocycles. The molecule has 1 unspecified atom stereocenters. The summed E-state index contributed by atoms with van der Waals surface area (Å²) < 4.78 is 10.6. The van der Waals surface area contributed by atoms with Crippen molar-refractivity contribution < 1.29 is 19.4 Å². The molecule has 1 fully saturated rings. The average molecular weight is 267 g/mol. The lowest BCUT2D eigenvalue weighted by atomic mass is 10.2. The molecule has 1 aromatic heterocycles. The lowest BCUT2D eigenvalue weighted by molar-refractivity contribution is -0.141. The fourth-order valence-corrected chi connectivity index (χ4v) is 1.84. The van der Waals surface area contributed by atoms with Crippen LogP contribution in [-0.2, 0) is 9.53 Å². The third-order valence-corrected chi connectivity index (χ3v) is 2.76. The second-order valence-electron chi connectivity index (χ2n) is 4.19. The molecule has 104 valence electrons. The first-order valence-electron chi connectivity index (χ1n) is 6.24. The number of carboxylic acids is 1. The molecule has 7 nitrogen and oxygen atoms in total. The van der Waals surface area contributed by atoms with E-state index in [2.05, 4.69) is 9.97 Å². The van der Waals surface area contributed by atoms with E-state index < -0.39 is 12.0 Å². The van der Waals surface area contributed by atoms with Gasteiger partial charge in [-0.2, -0.15) is 4.98 Å². The maximum absolute atomic E-state index is 11.2. The fraction of sp³-hybridized carbons (Fsp3) is 0.583. The van der Waals surface area contributed by atoms with Crippen molar-refractivity contribution in [2.75, 3.05) is 31.3 Å². The van der Waals surface area contributed by atoms with Crippen LogP contribution in [0.5, 0.6) is 5.88 Å². The summed E-state index contributed by atoms with van der Waals surface area (Å²) in [5.41, 5.74) is 0. The van der Waals surface area contributed by atoms with Crippen LogP contribution in [0.2, 0.25) is 0 Å². The molecule has 19 heavy (non-hydrogen) atoms. The molecule has 1 saturated heterocycles. The molecule has 0 amide bonds. The number of hydrogen-bond acceptors (Lipinski definition) is 6. The Balaban J connectivity index is 2.16. The Morgan fingerprint density at radius 1 is 1.63 bits per heavy atom. The Morgan fingerprint density at radius 3 is 3.21 bits per heavy atom. The Bertz CT molecular complexity index is 441. The lowest BCUT2D eigenvalue weighted by Crippen LogP contribution is -2.50. The highest BCUT2D eigenvalue weighted by Crippen LogP contribution is 2.19. The number of rotatable bonds is 5. The molecular weight excluding hydrogens is 250 g/mol. The molecule has 0 bridgehead atoms. The molecule has 0 spiro atoms. The number of anilines is 1. The van der Waals surface area contributed by atoms with Gasteiger partial charge in [0, 0.05) is 6.54 Å². The maximum atomic E-state index is 11.2. The van der Waals surface area contributed by atoms with Gasteiger partial charge < -0.3 is 19.5 Å². The standard InChI is InChI=1S/C12H17N3O4/c1-2-4-19-11-7-13-6-10(14-11)15-3-5-18-8-9(15)12(16)17/h6-7,9H,2-5,8H2,1H3,(H,16,17). The van der Waals surface area contributed by atoms with E-state index in [1.165, 1.54) is 6.20 Å². The van der Waals surface area contributed by atoms with Crippen molar-refractivity contribution >= 4 is 11.8 Å². The smallest absolute Gasteiger partial charge is 0.328 e. The van der Waals surface area contributed by atoms with Crippen molar-refractivity contribution in [2.45, 2.75) is 19.4 Å². The zero-order valence-electron chi connectivity index (χ0n) is 10.8. The first kappa shape index (κ1) is 13.5. The normalized spacial score (nSPS) is 19.2. The number of nitrogens with zero attached hydrogens (tertiary/aromatic N) is 3. The molecule has 0 aromatic carbocycles. The van der Waals surface area contributed by atoms with Crippen molar-refractivity contribution in [3.8, 4) is 5.88 Å². The summed E-state index contributed by atoms with van der Waals surface area (Å²) >= 11 is 0. The van der Waals surface area contributed by atoms with E-state index in [9.17, 15) is 9.90 Å². The largest absolute Gasteiger partial charge is 0.480 e. The predicted molar refractivity (Wildman–Crippen MR) is 67.4 cm³/mol.